The van der Waals surface area contributed by atoms with Gasteiger partial charge in [-0.25, -0.2) is 0 Å². The predicted molar refractivity (Wildman–Crippen MR) is 71.3 cm³/mol. The molecule has 1 amide bonds. The number of hydrogen-bond donors (Lipinski definition) is 0. The number of nitrogens with zero attached hydrogens (tertiary/aromatic N) is 2. The molecule has 20 heavy (non-hydrogen) atoms. The van der Waals surface area contributed by atoms with Crippen LogP contribution >= 0.6 is 11.6 Å². The minimum Gasteiger partial charge on any atom is -0.378 e. The Bertz CT molecular complexity index is 575. The van der Waals surface area contributed by atoms with Crippen molar-refractivity contribution in [1.82, 2.24) is 0 Å². The number of non-ortho nitro benzene ring substituents is 1. The SMILES string of the molecule is O=C1C(=O)N(CCOCCCl)c2ccc([N+](=O)[O-])cc21. The summed E-state index contributed by atoms with van der Waals surface area (Å²) in [6.45, 7) is 0.791. The first-order valence-corrected chi connectivity index (χ1v) is 6.38. The van der Waals surface area contributed by atoms with Crippen LogP contribution in [0.25, 0.3) is 0 Å². The van der Waals surface area contributed by atoms with Crippen molar-refractivity contribution in [3.8, 4) is 0 Å². The molecule has 7 nitrogen and oxygen atoms in total. The van der Waals surface area contributed by atoms with Crippen LogP contribution in [-0.4, -0.2) is 42.3 Å². The Balaban J connectivity index is 2.20. The number of nitro groups is 1. The van der Waals surface area contributed by atoms with Crippen LogP contribution in [-0.2, 0) is 9.53 Å². The van der Waals surface area contributed by atoms with Crippen molar-refractivity contribution in [2.45, 2.75) is 0 Å². The first-order chi connectivity index (χ1) is 9.56. The number of carbonyl (C=O) groups excluding carboxylic acids is 2. The van der Waals surface area contributed by atoms with Crippen LogP contribution in [0.5, 0.6) is 0 Å². The summed E-state index contributed by atoms with van der Waals surface area (Å²) in [6, 6.07) is 3.78. The van der Waals surface area contributed by atoms with Gasteiger partial charge in [-0.3, -0.25) is 19.7 Å². The van der Waals surface area contributed by atoms with E-state index < -0.39 is 16.6 Å². The van der Waals surface area contributed by atoms with E-state index in [1.165, 1.54) is 17.0 Å². The van der Waals surface area contributed by atoms with Gasteiger partial charge < -0.3 is 9.64 Å². The quantitative estimate of drug-likeness (QED) is 0.260. The molecule has 1 aromatic carbocycles. The summed E-state index contributed by atoms with van der Waals surface area (Å²) < 4.78 is 5.16. The van der Waals surface area contributed by atoms with Crippen molar-refractivity contribution in [2.75, 3.05) is 30.5 Å². The van der Waals surface area contributed by atoms with Gasteiger partial charge in [-0.2, -0.15) is 0 Å². The summed E-state index contributed by atoms with van der Waals surface area (Å²) in [4.78, 5) is 35.0. The molecule has 0 saturated carbocycles. The number of anilines is 1. The highest BCUT2D eigenvalue weighted by atomic mass is 35.5. The first kappa shape index (κ1) is 14.4. The van der Waals surface area contributed by atoms with Crippen LogP contribution < -0.4 is 4.90 Å². The van der Waals surface area contributed by atoms with Gasteiger partial charge in [-0.05, 0) is 6.07 Å². The largest absolute Gasteiger partial charge is 0.378 e. The van der Waals surface area contributed by atoms with Crippen molar-refractivity contribution in [3.63, 3.8) is 0 Å². The lowest BCUT2D eigenvalue weighted by Crippen LogP contribution is -2.33. The third-order valence-corrected chi connectivity index (χ3v) is 3.00. The number of carbonyl (C=O) groups is 2. The standard InChI is InChI=1S/C12H11ClN2O5/c13-3-5-20-6-4-14-10-2-1-8(15(18)19)7-9(10)11(16)12(14)17/h1-2,7H,3-6H2. The van der Waals surface area contributed by atoms with Crippen LogP contribution in [0.1, 0.15) is 10.4 Å². The van der Waals surface area contributed by atoms with E-state index in [1.54, 1.807) is 0 Å². The fourth-order valence-electron chi connectivity index (χ4n) is 1.94. The molecule has 0 atom stereocenters. The molecule has 0 unspecified atom stereocenters. The van der Waals surface area contributed by atoms with E-state index in [2.05, 4.69) is 0 Å². The van der Waals surface area contributed by atoms with E-state index in [1.807, 2.05) is 0 Å². The second kappa shape index (κ2) is 5.98. The number of alkyl halides is 1. The summed E-state index contributed by atoms with van der Waals surface area (Å²) in [7, 11) is 0. The average molecular weight is 299 g/mol. The Kier molecular flexibility index (Phi) is 4.31. The van der Waals surface area contributed by atoms with Gasteiger partial charge in [0.15, 0.2) is 0 Å². The maximum Gasteiger partial charge on any atom is 0.299 e. The number of amides is 1. The molecule has 0 fully saturated rings. The average Bonchev–Trinajstić information content (AvgIpc) is 2.67. The lowest BCUT2D eigenvalue weighted by atomic mass is 10.1. The molecule has 1 aromatic rings. The minimum absolute atomic E-state index is 0.0570. The molecule has 106 valence electrons. The summed E-state index contributed by atoms with van der Waals surface area (Å²) >= 11 is 5.45. The third-order valence-electron chi connectivity index (χ3n) is 2.85. The molecular formula is C12H11ClN2O5. The van der Waals surface area contributed by atoms with Crippen LogP contribution in [0.3, 0.4) is 0 Å². The van der Waals surface area contributed by atoms with Gasteiger partial charge in [0, 0.05) is 24.6 Å². The Morgan fingerprint density at radius 1 is 1.30 bits per heavy atom. The van der Waals surface area contributed by atoms with Crippen molar-refractivity contribution in [3.05, 3.63) is 33.9 Å². The summed E-state index contributed by atoms with van der Waals surface area (Å²) in [5.74, 6) is -1.09. The van der Waals surface area contributed by atoms with Crippen LogP contribution in [0, 0.1) is 10.1 Å². The summed E-state index contributed by atoms with van der Waals surface area (Å²) in [5.41, 5.74) is 0.215. The number of fused-ring (bicyclic) bond motifs is 1. The predicted octanol–water partition coefficient (Wildman–Crippen LogP) is 1.38. The lowest BCUT2D eigenvalue weighted by molar-refractivity contribution is -0.384. The van der Waals surface area contributed by atoms with Gasteiger partial charge in [-0.15, -0.1) is 11.6 Å². The van der Waals surface area contributed by atoms with Gasteiger partial charge in [0.2, 0.25) is 0 Å². The van der Waals surface area contributed by atoms with Crippen LogP contribution in [0.15, 0.2) is 18.2 Å². The number of ether oxygens (including phenoxy) is 1. The molecule has 1 aliphatic heterocycles. The molecule has 2 rings (SSSR count). The van der Waals surface area contributed by atoms with E-state index in [4.69, 9.17) is 16.3 Å². The Labute approximate surface area is 119 Å². The van der Waals surface area contributed by atoms with E-state index >= 15 is 0 Å². The zero-order valence-electron chi connectivity index (χ0n) is 10.4. The second-order valence-corrected chi connectivity index (χ2v) is 4.42. The maximum absolute atomic E-state index is 11.8. The number of nitro benzene ring substituents is 1. The van der Waals surface area contributed by atoms with Crippen LogP contribution in [0.4, 0.5) is 11.4 Å². The van der Waals surface area contributed by atoms with Gasteiger partial charge in [-0.1, -0.05) is 0 Å². The maximum atomic E-state index is 11.8. The zero-order valence-corrected chi connectivity index (χ0v) is 11.1. The number of halogens is 1. The van der Waals surface area contributed by atoms with Gasteiger partial charge >= 0.3 is 0 Å². The molecule has 0 spiro atoms. The van der Waals surface area contributed by atoms with Crippen LogP contribution in [0.2, 0.25) is 0 Å². The fourth-order valence-corrected chi connectivity index (χ4v) is 2.05. The van der Waals surface area contributed by atoms with Crippen molar-refractivity contribution in [1.29, 1.82) is 0 Å². The van der Waals surface area contributed by atoms with E-state index in [9.17, 15) is 19.7 Å². The van der Waals surface area contributed by atoms with Gasteiger partial charge in [0.1, 0.15) is 0 Å². The zero-order chi connectivity index (χ0) is 14.7. The van der Waals surface area contributed by atoms with Gasteiger partial charge in [0.05, 0.1) is 29.4 Å². The third kappa shape index (κ3) is 2.63. The lowest BCUT2D eigenvalue weighted by Gasteiger charge is -2.15. The molecule has 0 saturated heterocycles. The smallest absolute Gasteiger partial charge is 0.299 e. The number of rotatable bonds is 6. The van der Waals surface area contributed by atoms with Gasteiger partial charge in [0.25, 0.3) is 17.4 Å². The van der Waals surface area contributed by atoms with E-state index in [-0.39, 0.29) is 24.4 Å². The second-order valence-electron chi connectivity index (χ2n) is 4.05. The molecule has 0 N–H and O–H groups in total. The highest BCUT2D eigenvalue weighted by Gasteiger charge is 2.36. The Morgan fingerprint density at radius 3 is 2.70 bits per heavy atom. The number of Topliss-reactive ketones (excluding diaryl/α,β-unsaturated/α-hetero) is 1. The Hall–Kier alpha value is -1.99. The molecule has 1 aliphatic rings. The number of hydrogen-bond acceptors (Lipinski definition) is 5. The molecule has 0 bridgehead atoms. The first-order valence-electron chi connectivity index (χ1n) is 5.84. The topological polar surface area (TPSA) is 89.8 Å². The van der Waals surface area contributed by atoms with Crippen molar-refractivity contribution in [2.24, 2.45) is 0 Å². The monoisotopic (exact) mass is 298 g/mol. The number of benzene rings is 1. The molecule has 0 aromatic heterocycles. The van der Waals surface area contributed by atoms with Crippen molar-refractivity contribution < 1.29 is 19.2 Å². The fraction of sp³-hybridized carbons (Fsp3) is 0.333. The minimum atomic E-state index is -0.735. The summed E-state index contributed by atoms with van der Waals surface area (Å²) in [5, 5.41) is 10.7. The molecule has 0 aliphatic carbocycles. The van der Waals surface area contributed by atoms with E-state index in [0.29, 0.717) is 18.2 Å². The molecule has 1 heterocycles. The van der Waals surface area contributed by atoms with E-state index in [0.717, 1.165) is 6.07 Å². The normalized spacial score (nSPS) is 13.8. The molecular weight excluding hydrogens is 288 g/mol. The molecule has 8 heteroatoms. The van der Waals surface area contributed by atoms with Crippen molar-refractivity contribution >= 4 is 34.7 Å². The Morgan fingerprint density at radius 2 is 2.05 bits per heavy atom. The molecule has 0 radical (unpaired) electrons. The summed E-state index contributed by atoms with van der Waals surface area (Å²) in [6.07, 6.45) is 0. The number of ketones is 1. The highest BCUT2D eigenvalue weighted by Crippen LogP contribution is 2.31. The highest BCUT2D eigenvalue weighted by molar-refractivity contribution is 6.52.